The van der Waals surface area contributed by atoms with Crippen LogP contribution in [0.25, 0.3) is 0 Å². The molecule has 2 aromatic rings. The van der Waals surface area contributed by atoms with Gasteiger partial charge in [0.05, 0.1) is 0 Å². The Balaban J connectivity index is 1.90. The number of aliphatic hydroxyl groups is 1. The van der Waals surface area contributed by atoms with E-state index in [0.29, 0.717) is 6.42 Å². The number of aliphatic hydroxyl groups excluding tert-OH is 1. The molecule has 0 spiro atoms. The number of nitrogens with one attached hydrogen (secondary N) is 1. The Labute approximate surface area is 131 Å². The summed E-state index contributed by atoms with van der Waals surface area (Å²) < 4.78 is 1.15. The van der Waals surface area contributed by atoms with E-state index in [1.807, 2.05) is 42.5 Å². The van der Waals surface area contributed by atoms with Crippen molar-refractivity contribution >= 4 is 34.2 Å². The standard InChI is InChI=1S/C16H14INO2/c17-13-5-1-10(2-6-13)16(20)12-3-7-14-11(9-12)4-8-15(19)18-14/h1-3,5-7,9,16,20H,4,8H2,(H,18,19). The minimum atomic E-state index is -0.630. The molecule has 2 N–H and O–H groups in total. The molecule has 0 aliphatic carbocycles. The normalized spacial score (nSPS) is 15.4. The van der Waals surface area contributed by atoms with Gasteiger partial charge in [-0.3, -0.25) is 4.79 Å². The summed E-state index contributed by atoms with van der Waals surface area (Å²) in [7, 11) is 0. The molecule has 4 heteroatoms. The highest BCUT2D eigenvalue weighted by Crippen LogP contribution is 2.29. The van der Waals surface area contributed by atoms with Crippen molar-refractivity contribution in [2.75, 3.05) is 5.32 Å². The number of benzene rings is 2. The van der Waals surface area contributed by atoms with Gasteiger partial charge in [-0.2, -0.15) is 0 Å². The predicted molar refractivity (Wildman–Crippen MR) is 86.6 cm³/mol. The molecule has 20 heavy (non-hydrogen) atoms. The summed E-state index contributed by atoms with van der Waals surface area (Å²) in [6, 6.07) is 13.6. The van der Waals surface area contributed by atoms with Crippen LogP contribution in [0.2, 0.25) is 0 Å². The second-order valence-electron chi connectivity index (χ2n) is 4.92. The van der Waals surface area contributed by atoms with Crippen LogP contribution in [0.3, 0.4) is 0 Å². The van der Waals surface area contributed by atoms with Crippen molar-refractivity contribution in [2.24, 2.45) is 0 Å². The van der Waals surface area contributed by atoms with Gasteiger partial charge in [-0.15, -0.1) is 0 Å². The van der Waals surface area contributed by atoms with Gasteiger partial charge in [-0.05, 0) is 63.9 Å². The third kappa shape index (κ3) is 2.71. The molecular weight excluding hydrogens is 365 g/mol. The third-order valence-electron chi connectivity index (χ3n) is 3.53. The van der Waals surface area contributed by atoms with E-state index in [2.05, 4.69) is 27.9 Å². The summed E-state index contributed by atoms with van der Waals surface area (Å²) in [6.45, 7) is 0. The minimum Gasteiger partial charge on any atom is -0.384 e. The SMILES string of the molecule is O=C1CCc2cc(C(O)c3ccc(I)cc3)ccc2N1. The fraction of sp³-hybridized carbons (Fsp3) is 0.188. The van der Waals surface area contributed by atoms with E-state index < -0.39 is 6.10 Å². The van der Waals surface area contributed by atoms with Crippen molar-refractivity contribution in [3.8, 4) is 0 Å². The molecule has 1 heterocycles. The Bertz CT molecular complexity index is 652. The lowest BCUT2D eigenvalue weighted by Gasteiger charge is -2.19. The number of hydrogen-bond acceptors (Lipinski definition) is 2. The van der Waals surface area contributed by atoms with Crippen LogP contribution in [0.1, 0.15) is 29.2 Å². The molecule has 0 aromatic heterocycles. The van der Waals surface area contributed by atoms with Crippen molar-refractivity contribution in [1.82, 2.24) is 0 Å². The van der Waals surface area contributed by atoms with Gasteiger partial charge in [0.2, 0.25) is 5.91 Å². The number of aryl methyl sites for hydroxylation is 1. The van der Waals surface area contributed by atoms with Crippen LogP contribution in [0.4, 0.5) is 5.69 Å². The predicted octanol–water partition coefficient (Wildman–Crippen LogP) is 3.26. The Hall–Kier alpha value is -1.40. The number of carbonyl (C=O) groups excluding carboxylic acids is 1. The van der Waals surface area contributed by atoms with E-state index in [1.165, 1.54) is 0 Å². The number of anilines is 1. The molecule has 3 nitrogen and oxygen atoms in total. The van der Waals surface area contributed by atoms with Crippen molar-refractivity contribution in [3.05, 3.63) is 62.7 Å². The fourth-order valence-electron chi connectivity index (χ4n) is 2.41. The summed E-state index contributed by atoms with van der Waals surface area (Å²) >= 11 is 2.24. The van der Waals surface area contributed by atoms with Crippen LogP contribution >= 0.6 is 22.6 Å². The maximum absolute atomic E-state index is 11.3. The highest BCUT2D eigenvalue weighted by molar-refractivity contribution is 14.1. The van der Waals surface area contributed by atoms with Crippen LogP contribution in [-0.2, 0) is 11.2 Å². The molecule has 1 unspecified atom stereocenters. The van der Waals surface area contributed by atoms with E-state index in [4.69, 9.17) is 0 Å². The molecule has 0 bridgehead atoms. The van der Waals surface area contributed by atoms with Crippen molar-refractivity contribution in [3.63, 3.8) is 0 Å². The quantitative estimate of drug-likeness (QED) is 0.788. The highest BCUT2D eigenvalue weighted by Gasteiger charge is 2.17. The van der Waals surface area contributed by atoms with Gasteiger partial charge in [0.15, 0.2) is 0 Å². The lowest BCUT2D eigenvalue weighted by Crippen LogP contribution is -2.19. The Morgan fingerprint density at radius 2 is 1.75 bits per heavy atom. The topological polar surface area (TPSA) is 49.3 Å². The average molecular weight is 379 g/mol. The van der Waals surface area contributed by atoms with Gasteiger partial charge in [0.1, 0.15) is 6.10 Å². The zero-order valence-corrected chi connectivity index (χ0v) is 12.9. The van der Waals surface area contributed by atoms with Gasteiger partial charge in [-0.1, -0.05) is 24.3 Å². The summed E-state index contributed by atoms with van der Waals surface area (Å²) in [5, 5.41) is 13.3. The zero-order valence-electron chi connectivity index (χ0n) is 10.8. The number of carbonyl (C=O) groups is 1. The van der Waals surface area contributed by atoms with Crippen molar-refractivity contribution in [2.45, 2.75) is 18.9 Å². The molecule has 0 fully saturated rings. The second kappa shape index (κ2) is 5.54. The van der Waals surface area contributed by atoms with Crippen LogP contribution in [0.15, 0.2) is 42.5 Å². The monoisotopic (exact) mass is 379 g/mol. The van der Waals surface area contributed by atoms with Gasteiger partial charge >= 0.3 is 0 Å². The van der Waals surface area contributed by atoms with Crippen molar-refractivity contribution in [1.29, 1.82) is 0 Å². The average Bonchev–Trinajstić information content (AvgIpc) is 2.47. The first-order chi connectivity index (χ1) is 9.63. The summed E-state index contributed by atoms with van der Waals surface area (Å²) in [6.07, 6.45) is 0.611. The smallest absolute Gasteiger partial charge is 0.224 e. The number of fused-ring (bicyclic) bond motifs is 1. The molecule has 0 radical (unpaired) electrons. The van der Waals surface area contributed by atoms with Crippen LogP contribution in [-0.4, -0.2) is 11.0 Å². The van der Waals surface area contributed by atoms with E-state index in [9.17, 15) is 9.90 Å². The van der Waals surface area contributed by atoms with E-state index >= 15 is 0 Å². The number of halogens is 1. The van der Waals surface area contributed by atoms with Crippen molar-refractivity contribution < 1.29 is 9.90 Å². The lowest BCUT2D eigenvalue weighted by atomic mass is 9.95. The maximum atomic E-state index is 11.3. The van der Waals surface area contributed by atoms with Crippen LogP contribution < -0.4 is 5.32 Å². The first-order valence-corrected chi connectivity index (χ1v) is 7.57. The van der Waals surface area contributed by atoms with Crippen LogP contribution in [0, 0.1) is 3.57 Å². The Morgan fingerprint density at radius 1 is 1.05 bits per heavy atom. The van der Waals surface area contributed by atoms with Gasteiger partial charge in [0, 0.05) is 15.7 Å². The van der Waals surface area contributed by atoms with Gasteiger partial charge in [-0.25, -0.2) is 0 Å². The van der Waals surface area contributed by atoms with Gasteiger partial charge < -0.3 is 10.4 Å². The lowest BCUT2D eigenvalue weighted by molar-refractivity contribution is -0.116. The Kier molecular flexibility index (Phi) is 3.76. The number of rotatable bonds is 2. The summed E-state index contributed by atoms with van der Waals surface area (Å²) in [5.74, 6) is 0.0587. The van der Waals surface area contributed by atoms with E-state index in [1.54, 1.807) is 0 Å². The molecule has 3 rings (SSSR count). The largest absolute Gasteiger partial charge is 0.384 e. The minimum absolute atomic E-state index is 0.0587. The molecule has 102 valence electrons. The molecule has 0 saturated carbocycles. The maximum Gasteiger partial charge on any atom is 0.224 e. The Morgan fingerprint density at radius 3 is 2.50 bits per heavy atom. The summed E-state index contributed by atoms with van der Waals surface area (Å²) in [5.41, 5.74) is 3.69. The molecule has 1 aliphatic heterocycles. The molecule has 2 aromatic carbocycles. The molecule has 1 atom stereocenters. The molecule has 0 saturated heterocycles. The zero-order chi connectivity index (χ0) is 14.1. The van der Waals surface area contributed by atoms with E-state index in [0.717, 1.165) is 32.4 Å². The van der Waals surface area contributed by atoms with Crippen LogP contribution in [0.5, 0.6) is 0 Å². The van der Waals surface area contributed by atoms with Gasteiger partial charge in [0.25, 0.3) is 0 Å². The summed E-state index contributed by atoms with van der Waals surface area (Å²) in [4.78, 5) is 11.3. The first kappa shape index (κ1) is 13.6. The first-order valence-electron chi connectivity index (χ1n) is 6.50. The second-order valence-corrected chi connectivity index (χ2v) is 6.16. The number of hydrogen-bond donors (Lipinski definition) is 2. The highest BCUT2D eigenvalue weighted by atomic mass is 127. The number of amides is 1. The molecule has 1 aliphatic rings. The van der Waals surface area contributed by atoms with E-state index in [-0.39, 0.29) is 5.91 Å². The fourth-order valence-corrected chi connectivity index (χ4v) is 2.77. The molecule has 1 amide bonds. The third-order valence-corrected chi connectivity index (χ3v) is 4.25. The molecular formula is C16H14INO2.